The highest BCUT2D eigenvalue weighted by molar-refractivity contribution is 7.93. The minimum Gasteiger partial charge on any atom is -0.282 e. The number of benzene rings is 1. The molecule has 0 spiro atoms. The summed E-state index contributed by atoms with van der Waals surface area (Å²) in [7, 11) is -3.62. The van der Waals surface area contributed by atoms with Gasteiger partial charge in [-0.3, -0.25) is 4.72 Å². The summed E-state index contributed by atoms with van der Waals surface area (Å²) in [5.41, 5.74) is 1.70. The van der Waals surface area contributed by atoms with Gasteiger partial charge in [0.2, 0.25) is 10.0 Å². The molecule has 1 unspecified atom stereocenters. The second-order valence-electron chi connectivity index (χ2n) is 4.47. The fourth-order valence-corrected chi connectivity index (χ4v) is 2.92. The third kappa shape index (κ3) is 4.56. The van der Waals surface area contributed by atoms with Crippen LogP contribution in [0.3, 0.4) is 0 Å². The Morgan fingerprint density at radius 3 is 2.37 bits per heavy atom. The highest BCUT2D eigenvalue weighted by atomic mass is 32.2. The van der Waals surface area contributed by atoms with Gasteiger partial charge < -0.3 is 0 Å². The Bertz CT molecular complexity index is 530. The molecule has 4 nitrogen and oxygen atoms in total. The molecule has 0 amide bonds. The third-order valence-electron chi connectivity index (χ3n) is 2.92. The van der Waals surface area contributed by atoms with E-state index in [1.54, 1.807) is 25.1 Å². The molecule has 0 saturated carbocycles. The molecule has 0 fully saturated rings. The number of hydrogen-bond acceptors (Lipinski definition) is 3. The zero-order valence-corrected chi connectivity index (χ0v) is 12.2. The minimum atomic E-state index is -3.62. The van der Waals surface area contributed by atoms with E-state index in [-0.39, 0.29) is 6.42 Å². The number of sulfonamides is 1. The van der Waals surface area contributed by atoms with Gasteiger partial charge in [0.25, 0.3) is 0 Å². The molecule has 0 aromatic heterocycles. The number of nitrogens with one attached hydrogen (secondary N) is 1. The number of unbranched alkanes of at least 4 members (excludes halogenated alkanes) is 1. The van der Waals surface area contributed by atoms with Crippen LogP contribution in [0, 0.1) is 11.3 Å². The molecule has 0 heterocycles. The Morgan fingerprint density at radius 1 is 1.26 bits per heavy atom. The van der Waals surface area contributed by atoms with Gasteiger partial charge in [-0.15, -0.1) is 0 Å². The summed E-state index contributed by atoms with van der Waals surface area (Å²) in [5.74, 6) is 0. The maximum atomic E-state index is 11.9. The Balaban J connectivity index is 2.75. The van der Waals surface area contributed by atoms with Gasteiger partial charge in [0, 0.05) is 5.69 Å². The molecule has 1 rings (SSSR count). The largest absolute Gasteiger partial charge is 0.282 e. The summed E-state index contributed by atoms with van der Waals surface area (Å²) in [6, 6.07) is 9.12. The van der Waals surface area contributed by atoms with Crippen molar-refractivity contribution >= 4 is 15.7 Å². The molecular formula is C14H20N2O2S. The normalized spacial score (nSPS) is 12.7. The maximum absolute atomic E-state index is 11.9. The quantitative estimate of drug-likeness (QED) is 0.834. The van der Waals surface area contributed by atoms with E-state index < -0.39 is 15.3 Å². The summed E-state index contributed by atoms with van der Waals surface area (Å²) < 4.78 is 26.2. The summed E-state index contributed by atoms with van der Waals surface area (Å²) in [6.45, 7) is 3.82. The molecule has 0 radical (unpaired) electrons. The fourth-order valence-electron chi connectivity index (χ4n) is 1.74. The van der Waals surface area contributed by atoms with Crippen molar-refractivity contribution in [1.29, 1.82) is 5.26 Å². The van der Waals surface area contributed by atoms with Crippen molar-refractivity contribution in [1.82, 2.24) is 0 Å². The van der Waals surface area contributed by atoms with Crippen LogP contribution in [0.15, 0.2) is 24.3 Å². The topological polar surface area (TPSA) is 70.0 Å². The van der Waals surface area contributed by atoms with Crippen LogP contribution in [0.1, 0.15) is 38.7 Å². The number of nitrogens with zero attached hydrogens (tertiary/aromatic N) is 1. The SMILES string of the molecule is CCCCc1ccc(NS(=O)(=O)C(C#N)CC)cc1. The number of aryl methyl sites for hydroxylation is 1. The van der Waals surface area contributed by atoms with Crippen molar-refractivity contribution in [2.75, 3.05) is 4.72 Å². The second-order valence-corrected chi connectivity index (χ2v) is 6.34. The van der Waals surface area contributed by atoms with Gasteiger partial charge in [0.15, 0.2) is 5.25 Å². The summed E-state index contributed by atoms with van der Waals surface area (Å²) >= 11 is 0. The molecule has 0 aliphatic heterocycles. The lowest BCUT2D eigenvalue weighted by Gasteiger charge is -2.11. The Kier molecular flexibility index (Phi) is 5.84. The average molecular weight is 280 g/mol. The molecule has 1 atom stereocenters. The average Bonchev–Trinajstić information content (AvgIpc) is 2.38. The van der Waals surface area contributed by atoms with Gasteiger partial charge in [-0.05, 0) is 37.0 Å². The molecule has 1 N–H and O–H groups in total. The fraction of sp³-hybridized carbons (Fsp3) is 0.500. The lowest BCUT2D eigenvalue weighted by Crippen LogP contribution is -2.25. The highest BCUT2D eigenvalue weighted by Gasteiger charge is 2.23. The summed E-state index contributed by atoms with van der Waals surface area (Å²) in [6.07, 6.45) is 3.53. The molecule has 1 aromatic carbocycles. The minimum absolute atomic E-state index is 0.278. The Morgan fingerprint density at radius 2 is 1.89 bits per heavy atom. The molecule has 5 heteroatoms. The first-order valence-corrected chi connectivity index (χ1v) is 8.08. The van der Waals surface area contributed by atoms with Crippen LogP contribution in [-0.4, -0.2) is 13.7 Å². The van der Waals surface area contributed by atoms with Crippen LogP contribution in [-0.2, 0) is 16.4 Å². The van der Waals surface area contributed by atoms with Crippen LogP contribution in [0.4, 0.5) is 5.69 Å². The molecule has 0 bridgehead atoms. The van der Waals surface area contributed by atoms with Crippen LogP contribution >= 0.6 is 0 Å². The van der Waals surface area contributed by atoms with Crippen molar-refractivity contribution in [3.05, 3.63) is 29.8 Å². The van der Waals surface area contributed by atoms with Crippen LogP contribution in [0.25, 0.3) is 0 Å². The predicted molar refractivity (Wildman–Crippen MR) is 77.3 cm³/mol. The monoisotopic (exact) mass is 280 g/mol. The van der Waals surface area contributed by atoms with E-state index in [0.717, 1.165) is 19.3 Å². The summed E-state index contributed by atoms with van der Waals surface area (Å²) in [5, 5.41) is 7.80. The van der Waals surface area contributed by atoms with E-state index >= 15 is 0 Å². The molecule has 0 aliphatic rings. The maximum Gasteiger partial charge on any atom is 0.249 e. The van der Waals surface area contributed by atoms with E-state index in [1.807, 2.05) is 12.1 Å². The molecule has 19 heavy (non-hydrogen) atoms. The van der Waals surface area contributed by atoms with Gasteiger partial charge in [-0.1, -0.05) is 32.4 Å². The molecule has 1 aromatic rings. The first-order valence-electron chi connectivity index (χ1n) is 6.53. The van der Waals surface area contributed by atoms with E-state index in [4.69, 9.17) is 5.26 Å². The molecule has 0 saturated heterocycles. The lowest BCUT2D eigenvalue weighted by molar-refractivity contribution is 0.593. The van der Waals surface area contributed by atoms with Crippen LogP contribution in [0.2, 0.25) is 0 Å². The van der Waals surface area contributed by atoms with Crippen LogP contribution in [0.5, 0.6) is 0 Å². The molecular weight excluding hydrogens is 260 g/mol. The zero-order chi connectivity index (χ0) is 14.3. The zero-order valence-electron chi connectivity index (χ0n) is 11.4. The number of nitriles is 1. The smallest absolute Gasteiger partial charge is 0.249 e. The van der Waals surface area contributed by atoms with Gasteiger partial charge in [-0.2, -0.15) is 5.26 Å². The van der Waals surface area contributed by atoms with Gasteiger partial charge in [0.1, 0.15) is 0 Å². The number of anilines is 1. The second kappa shape index (κ2) is 7.15. The van der Waals surface area contributed by atoms with E-state index in [0.29, 0.717) is 5.69 Å². The van der Waals surface area contributed by atoms with Gasteiger partial charge in [0.05, 0.1) is 6.07 Å². The van der Waals surface area contributed by atoms with Crippen molar-refractivity contribution in [2.24, 2.45) is 0 Å². The number of rotatable bonds is 7. The van der Waals surface area contributed by atoms with Crippen molar-refractivity contribution in [3.8, 4) is 6.07 Å². The lowest BCUT2D eigenvalue weighted by atomic mass is 10.1. The first kappa shape index (κ1) is 15.5. The summed E-state index contributed by atoms with van der Waals surface area (Å²) in [4.78, 5) is 0. The molecule has 104 valence electrons. The van der Waals surface area contributed by atoms with Crippen molar-refractivity contribution in [3.63, 3.8) is 0 Å². The van der Waals surface area contributed by atoms with Crippen molar-refractivity contribution in [2.45, 2.75) is 44.8 Å². The first-order chi connectivity index (χ1) is 9.03. The van der Waals surface area contributed by atoms with Gasteiger partial charge >= 0.3 is 0 Å². The standard InChI is InChI=1S/C14H20N2O2S/c1-3-5-6-12-7-9-13(10-8-12)16-19(17,18)14(4-2)11-15/h7-10,14,16H,3-6H2,1-2H3. The van der Waals surface area contributed by atoms with E-state index in [9.17, 15) is 8.42 Å². The molecule has 0 aliphatic carbocycles. The number of hydrogen-bond donors (Lipinski definition) is 1. The van der Waals surface area contributed by atoms with E-state index in [2.05, 4.69) is 11.6 Å². The van der Waals surface area contributed by atoms with Crippen molar-refractivity contribution < 1.29 is 8.42 Å². The van der Waals surface area contributed by atoms with E-state index in [1.165, 1.54) is 5.56 Å². The van der Waals surface area contributed by atoms with Gasteiger partial charge in [-0.25, -0.2) is 8.42 Å². The van der Waals surface area contributed by atoms with Crippen LogP contribution < -0.4 is 4.72 Å². The Hall–Kier alpha value is -1.54. The third-order valence-corrected chi connectivity index (χ3v) is 4.63. The predicted octanol–water partition coefficient (Wildman–Crippen LogP) is 3.07. The Labute approximate surface area is 115 Å². The highest BCUT2D eigenvalue weighted by Crippen LogP contribution is 2.15.